The van der Waals surface area contributed by atoms with E-state index in [0.717, 1.165) is 16.8 Å². The molecule has 1 aliphatic rings. The Morgan fingerprint density at radius 1 is 1.19 bits per heavy atom. The van der Waals surface area contributed by atoms with Gasteiger partial charge in [0.05, 0.1) is 19.0 Å². The number of pyridine rings is 2. The van der Waals surface area contributed by atoms with Crippen molar-refractivity contribution >= 4 is 38.5 Å². The molecule has 4 rings (SSSR count). The predicted molar refractivity (Wildman–Crippen MR) is 101 cm³/mol. The SMILES string of the molecule is COc1ccncc1N1CCN(C(=O)c2cncc3cc(Br)oc23)CC1. The number of fused-ring (bicyclic) bond motifs is 1. The van der Waals surface area contributed by atoms with Gasteiger partial charge in [0.15, 0.2) is 10.3 Å². The van der Waals surface area contributed by atoms with Gasteiger partial charge in [-0.05, 0) is 15.9 Å². The van der Waals surface area contributed by atoms with Crippen molar-refractivity contribution in [1.82, 2.24) is 14.9 Å². The number of halogens is 1. The van der Waals surface area contributed by atoms with Crippen LogP contribution in [0.2, 0.25) is 0 Å². The summed E-state index contributed by atoms with van der Waals surface area (Å²) in [4.78, 5) is 25.3. The fourth-order valence-electron chi connectivity index (χ4n) is 3.19. The topological polar surface area (TPSA) is 71.7 Å². The molecule has 3 aromatic rings. The first kappa shape index (κ1) is 16.8. The highest BCUT2D eigenvalue weighted by Crippen LogP contribution is 2.29. The highest BCUT2D eigenvalue weighted by Gasteiger charge is 2.26. The molecule has 0 aromatic carbocycles. The Bertz CT molecular complexity index is 951. The molecule has 1 aliphatic heterocycles. The van der Waals surface area contributed by atoms with E-state index in [4.69, 9.17) is 9.15 Å². The van der Waals surface area contributed by atoms with Crippen LogP contribution in [0.3, 0.4) is 0 Å². The molecular weight excluding hydrogens is 400 g/mol. The number of hydrogen-bond donors (Lipinski definition) is 0. The van der Waals surface area contributed by atoms with Crippen LogP contribution in [0.1, 0.15) is 10.4 Å². The summed E-state index contributed by atoms with van der Waals surface area (Å²) in [5.74, 6) is 0.719. The zero-order valence-electron chi connectivity index (χ0n) is 14.2. The molecule has 0 radical (unpaired) electrons. The average Bonchev–Trinajstić information content (AvgIpc) is 3.07. The highest BCUT2D eigenvalue weighted by molar-refractivity contribution is 9.10. The fraction of sp³-hybridized carbons (Fsp3) is 0.278. The van der Waals surface area contributed by atoms with E-state index in [9.17, 15) is 4.79 Å². The number of ether oxygens (including phenoxy) is 1. The first-order valence-corrected chi connectivity index (χ1v) is 9.02. The van der Waals surface area contributed by atoms with Crippen molar-refractivity contribution in [3.63, 3.8) is 0 Å². The largest absolute Gasteiger partial charge is 0.494 e. The first-order chi connectivity index (χ1) is 12.7. The Balaban J connectivity index is 1.51. The number of anilines is 1. The van der Waals surface area contributed by atoms with Gasteiger partial charge in [-0.25, -0.2) is 0 Å². The fourth-order valence-corrected chi connectivity index (χ4v) is 3.60. The summed E-state index contributed by atoms with van der Waals surface area (Å²) in [5.41, 5.74) is 2.00. The molecular formula is C18H17BrN4O3. The molecule has 4 heterocycles. The Hall–Kier alpha value is -2.61. The second kappa shape index (κ2) is 6.95. The molecule has 1 amide bonds. The van der Waals surface area contributed by atoms with E-state index in [2.05, 4.69) is 30.8 Å². The summed E-state index contributed by atoms with van der Waals surface area (Å²) < 4.78 is 11.6. The zero-order chi connectivity index (χ0) is 18.1. The molecule has 1 fully saturated rings. The Kier molecular flexibility index (Phi) is 4.50. The maximum Gasteiger partial charge on any atom is 0.259 e. The summed E-state index contributed by atoms with van der Waals surface area (Å²) in [5, 5.41) is 0.807. The van der Waals surface area contributed by atoms with Gasteiger partial charge in [0.2, 0.25) is 0 Å². The van der Waals surface area contributed by atoms with Gasteiger partial charge in [-0.3, -0.25) is 14.8 Å². The number of carbonyl (C=O) groups excluding carboxylic acids is 1. The molecule has 0 N–H and O–H groups in total. The lowest BCUT2D eigenvalue weighted by Crippen LogP contribution is -2.49. The molecule has 8 heteroatoms. The van der Waals surface area contributed by atoms with Crippen LogP contribution >= 0.6 is 15.9 Å². The van der Waals surface area contributed by atoms with E-state index < -0.39 is 0 Å². The van der Waals surface area contributed by atoms with Crippen LogP contribution in [0.25, 0.3) is 11.0 Å². The van der Waals surface area contributed by atoms with Gasteiger partial charge in [0.25, 0.3) is 5.91 Å². The van der Waals surface area contributed by atoms with Gasteiger partial charge >= 0.3 is 0 Å². The Morgan fingerprint density at radius 2 is 2.00 bits per heavy atom. The molecule has 134 valence electrons. The van der Waals surface area contributed by atoms with Crippen LogP contribution in [-0.4, -0.2) is 54.1 Å². The standard InChI is InChI=1S/C18H17BrN4O3/c1-25-15-2-3-20-11-14(15)22-4-6-23(7-5-22)18(24)13-10-21-9-12-8-16(19)26-17(12)13/h2-3,8-11H,4-7H2,1H3. The van der Waals surface area contributed by atoms with Crippen LogP contribution in [-0.2, 0) is 0 Å². The van der Waals surface area contributed by atoms with Crippen molar-refractivity contribution in [2.75, 3.05) is 38.2 Å². The number of nitrogens with zero attached hydrogens (tertiary/aromatic N) is 4. The maximum atomic E-state index is 12.9. The molecule has 0 bridgehead atoms. The van der Waals surface area contributed by atoms with E-state index >= 15 is 0 Å². The molecule has 26 heavy (non-hydrogen) atoms. The van der Waals surface area contributed by atoms with Crippen molar-refractivity contribution in [3.8, 4) is 5.75 Å². The maximum absolute atomic E-state index is 12.9. The van der Waals surface area contributed by atoms with Gasteiger partial charge in [-0.15, -0.1) is 0 Å². The summed E-state index contributed by atoms with van der Waals surface area (Å²) in [6.45, 7) is 2.63. The van der Waals surface area contributed by atoms with Crippen LogP contribution in [0.15, 0.2) is 46.0 Å². The minimum absolute atomic E-state index is 0.0669. The van der Waals surface area contributed by atoms with E-state index in [0.29, 0.717) is 42.0 Å². The van der Waals surface area contributed by atoms with Crippen molar-refractivity contribution in [2.45, 2.75) is 0 Å². The van der Waals surface area contributed by atoms with Gasteiger partial charge in [-0.1, -0.05) is 0 Å². The van der Waals surface area contributed by atoms with E-state index in [1.165, 1.54) is 0 Å². The number of furan rings is 1. The first-order valence-electron chi connectivity index (χ1n) is 8.22. The molecule has 0 atom stereocenters. The molecule has 0 unspecified atom stereocenters. The second-order valence-corrected chi connectivity index (χ2v) is 6.76. The monoisotopic (exact) mass is 416 g/mol. The summed E-state index contributed by atoms with van der Waals surface area (Å²) in [6.07, 6.45) is 6.75. The highest BCUT2D eigenvalue weighted by atomic mass is 79.9. The molecule has 1 saturated heterocycles. The van der Waals surface area contributed by atoms with Crippen molar-refractivity contribution in [1.29, 1.82) is 0 Å². The number of piperazine rings is 1. The van der Waals surface area contributed by atoms with Crippen LogP contribution < -0.4 is 9.64 Å². The number of methoxy groups -OCH3 is 1. The van der Waals surface area contributed by atoms with Gasteiger partial charge in [-0.2, -0.15) is 0 Å². The van der Waals surface area contributed by atoms with E-state index in [1.807, 2.05) is 17.0 Å². The van der Waals surface area contributed by atoms with Gasteiger partial charge in [0.1, 0.15) is 11.3 Å². The van der Waals surface area contributed by atoms with Gasteiger partial charge in [0, 0.05) is 62.3 Å². The second-order valence-electron chi connectivity index (χ2n) is 5.98. The van der Waals surface area contributed by atoms with Gasteiger partial charge < -0.3 is 19.0 Å². The predicted octanol–water partition coefficient (Wildman–Crippen LogP) is 2.96. The lowest BCUT2D eigenvalue weighted by atomic mass is 10.2. The third-order valence-corrected chi connectivity index (χ3v) is 4.90. The summed E-state index contributed by atoms with van der Waals surface area (Å²) in [7, 11) is 1.65. The summed E-state index contributed by atoms with van der Waals surface area (Å²) >= 11 is 3.31. The quantitative estimate of drug-likeness (QED) is 0.653. The van der Waals surface area contributed by atoms with Crippen molar-refractivity contribution < 1.29 is 13.9 Å². The summed E-state index contributed by atoms with van der Waals surface area (Å²) in [6, 6.07) is 3.65. The third kappa shape index (κ3) is 3.01. The van der Waals surface area contributed by atoms with E-state index in [-0.39, 0.29) is 5.91 Å². The molecule has 0 aliphatic carbocycles. The number of carbonyl (C=O) groups is 1. The lowest BCUT2D eigenvalue weighted by molar-refractivity contribution is 0.0747. The third-order valence-electron chi connectivity index (χ3n) is 4.51. The van der Waals surface area contributed by atoms with E-state index in [1.54, 1.807) is 31.9 Å². The van der Waals surface area contributed by atoms with Crippen LogP contribution in [0, 0.1) is 0 Å². The minimum atomic E-state index is -0.0669. The van der Waals surface area contributed by atoms with Crippen LogP contribution in [0.4, 0.5) is 5.69 Å². The van der Waals surface area contributed by atoms with Crippen molar-refractivity contribution in [2.24, 2.45) is 0 Å². The Morgan fingerprint density at radius 3 is 2.77 bits per heavy atom. The molecule has 3 aromatic heterocycles. The smallest absolute Gasteiger partial charge is 0.259 e. The minimum Gasteiger partial charge on any atom is -0.494 e. The Labute approximate surface area is 158 Å². The molecule has 0 saturated carbocycles. The number of amides is 1. The van der Waals surface area contributed by atoms with Crippen LogP contribution in [0.5, 0.6) is 5.75 Å². The number of rotatable bonds is 3. The number of hydrogen-bond acceptors (Lipinski definition) is 6. The molecule has 0 spiro atoms. The lowest BCUT2D eigenvalue weighted by Gasteiger charge is -2.36. The normalized spacial score (nSPS) is 14.7. The zero-order valence-corrected chi connectivity index (χ0v) is 15.8. The van der Waals surface area contributed by atoms with Crippen molar-refractivity contribution in [3.05, 3.63) is 47.2 Å². The molecule has 7 nitrogen and oxygen atoms in total. The number of aromatic nitrogens is 2. The average molecular weight is 417 g/mol.